The lowest BCUT2D eigenvalue weighted by molar-refractivity contribution is -0.137. The molecule has 8 nitrogen and oxygen atoms in total. The van der Waals surface area contributed by atoms with E-state index in [0.717, 1.165) is 17.1 Å². The molecule has 96 valence electrons. The molecule has 1 aromatic heterocycles. The van der Waals surface area contributed by atoms with E-state index in [1.807, 2.05) is 0 Å². The van der Waals surface area contributed by atoms with Gasteiger partial charge in [0, 0.05) is 19.9 Å². The molecule has 0 spiro atoms. The zero-order valence-corrected chi connectivity index (χ0v) is 9.98. The van der Waals surface area contributed by atoms with Crippen LogP contribution in [0.3, 0.4) is 0 Å². The molecule has 0 amide bonds. The van der Waals surface area contributed by atoms with Gasteiger partial charge in [-0.25, -0.2) is 13.1 Å². The Balaban J connectivity index is 2.71. The van der Waals surface area contributed by atoms with E-state index in [1.165, 1.54) is 7.11 Å². The Bertz CT molecular complexity index is 481. The summed E-state index contributed by atoms with van der Waals surface area (Å²) in [5, 5.41) is 12.1. The van der Waals surface area contributed by atoms with Crippen molar-refractivity contribution >= 4 is 16.0 Å². The van der Waals surface area contributed by atoms with Crippen LogP contribution in [0.4, 0.5) is 0 Å². The number of rotatable bonds is 7. The maximum absolute atomic E-state index is 11.6. The second kappa shape index (κ2) is 5.75. The molecule has 0 unspecified atom stereocenters. The van der Waals surface area contributed by atoms with Crippen LogP contribution in [-0.2, 0) is 26.1 Å². The first-order valence-electron chi connectivity index (χ1n) is 4.68. The molecule has 0 bridgehead atoms. The highest BCUT2D eigenvalue weighted by molar-refractivity contribution is 7.89. The zero-order chi connectivity index (χ0) is 12.9. The number of aromatic nitrogens is 2. The molecule has 0 aromatic carbocycles. The third-order valence-electron chi connectivity index (χ3n) is 1.82. The molecular formula is C8H13N3O5S. The van der Waals surface area contributed by atoms with Gasteiger partial charge >= 0.3 is 5.97 Å². The Morgan fingerprint density at radius 1 is 1.65 bits per heavy atom. The number of sulfonamides is 1. The van der Waals surface area contributed by atoms with Gasteiger partial charge < -0.3 is 9.84 Å². The highest BCUT2D eigenvalue weighted by Crippen LogP contribution is 2.06. The quantitative estimate of drug-likeness (QED) is 0.604. The number of aliphatic carboxylic acids is 1. The number of hydrogen-bond acceptors (Lipinski definition) is 5. The molecule has 1 rings (SSSR count). The molecule has 0 saturated heterocycles. The van der Waals surface area contributed by atoms with E-state index < -0.39 is 16.0 Å². The van der Waals surface area contributed by atoms with E-state index in [4.69, 9.17) is 9.84 Å². The Labute approximate surface area is 98.2 Å². The van der Waals surface area contributed by atoms with Crippen LogP contribution in [0.25, 0.3) is 0 Å². The van der Waals surface area contributed by atoms with E-state index >= 15 is 0 Å². The van der Waals surface area contributed by atoms with Crippen LogP contribution in [0, 0.1) is 0 Å². The summed E-state index contributed by atoms with van der Waals surface area (Å²) < 4.78 is 31.3. The van der Waals surface area contributed by atoms with E-state index in [-0.39, 0.29) is 24.6 Å². The van der Waals surface area contributed by atoms with E-state index in [9.17, 15) is 13.2 Å². The van der Waals surface area contributed by atoms with Gasteiger partial charge in [-0.05, 0) is 0 Å². The average Bonchev–Trinajstić information content (AvgIpc) is 2.66. The van der Waals surface area contributed by atoms with Gasteiger partial charge in [0.2, 0.25) is 10.0 Å². The van der Waals surface area contributed by atoms with Crippen molar-refractivity contribution in [2.24, 2.45) is 0 Å². The molecule has 1 heterocycles. The van der Waals surface area contributed by atoms with Crippen LogP contribution in [0.1, 0.15) is 0 Å². The molecule has 0 aliphatic rings. The maximum Gasteiger partial charge on any atom is 0.325 e. The predicted molar refractivity (Wildman–Crippen MR) is 56.9 cm³/mol. The summed E-state index contributed by atoms with van der Waals surface area (Å²) in [5.74, 6) is -1.09. The van der Waals surface area contributed by atoms with Crippen LogP contribution >= 0.6 is 0 Å². The van der Waals surface area contributed by atoms with Gasteiger partial charge in [0.05, 0.1) is 12.8 Å². The summed E-state index contributed by atoms with van der Waals surface area (Å²) >= 11 is 0. The summed E-state index contributed by atoms with van der Waals surface area (Å²) in [7, 11) is -2.20. The van der Waals surface area contributed by atoms with Crippen LogP contribution < -0.4 is 4.72 Å². The predicted octanol–water partition coefficient (Wildman–Crippen LogP) is -1.11. The minimum atomic E-state index is -3.65. The van der Waals surface area contributed by atoms with Crippen molar-refractivity contribution in [3.8, 4) is 0 Å². The monoisotopic (exact) mass is 263 g/mol. The van der Waals surface area contributed by atoms with Gasteiger partial charge in [0.15, 0.2) is 0 Å². The molecule has 0 aliphatic carbocycles. The Morgan fingerprint density at radius 2 is 2.35 bits per heavy atom. The average molecular weight is 263 g/mol. The molecule has 9 heteroatoms. The lowest BCUT2D eigenvalue weighted by atomic mass is 10.6. The normalized spacial score (nSPS) is 11.6. The SMILES string of the molecule is COCCNS(=O)(=O)c1cnn(CC(=O)O)c1. The largest absolute Gasteiger partial charge is 0.480 e. The first-order valence-corrected chi connectivity index (χ1v) is 6.17. The van der Waals surface area contributed by atoms with Gasteiger partial charge in [-0.1, -0.05) is 0 Å². The van der Waals surface area contributed by atoms with E-state index in [1.54, 1.807) is 0 Å². The number of nitrogens with one attached hydrogen (secondary N) is 1. The summed E-state index contributed by atoms with van der Waals surface area (Å²) in [6.07, 6.45) is 2.25. The van der Waals surface area contributed by atoms with Gasteiger partial charge in [0.25, 0.3) is 0 Å². The number of carboxylic acid groups (broad SMARTS) is 1. The Kier molecular flexibility index (Phi) is 4.61. The zero-order valence-electron chi connectivity index (χ0n) is 9.16. The van der Waals surface area contributed by atoms with Crippen molar-refractivity contribution in [2.75, 3.05) is 20.3 Å². The van der Waals surface area contributed by atoms with Crippen molar-refractivity contribution in [3.05, 3.63) is 12.4 Å². The molecule has 0 fully saturated rings. The molecule has 0 aliphatic heterocycles. The minimum absolute atomic E-state index is 0.0742. The fraction of sp³-hybridized carbons (Fsp3) is 0.500. The lowest BCUT2D eigenvalue weighted by Crippen LogP contribution is -2.26. The van der Waals surface area contributed by atoms with Gasteiger partial charge in [-0.2, -0.15) is 5.10 Å². The van der Waals surface area contributed by atoms with Gasteiger partial charge in [0.1, 0.15) is 11.4 Å². The first kappa shape index (κ1) is 13.6. The van der Waals surface area contributed by atoms with Gasteiger partial charge in [-0.15, -0.1) is 0 Å². The number of hydrogen-bond donors (Lipinski definition) is 2. The van der Waals surface area contributed by atoms with Crippen molar-refractivity contribution in [3.63, 3.8) is 0 Å². The summed E-state index contributed by atoms with van der Waals surface area (Å²) in [4.78, 5) is 10.3. The molecule has 1 aromatic rings. The van der Waals surface area contributed by atoms with Crippen LogP contribution in [0.15, 0.2) is 17.3 Å². The van der Waals surface area contributed by atoms with Crippen molar-refractivity contribution < 1.29 is 23.1 Å². The number of carboxylic acids is 1. The second-order valence-electron chi connectivity index (χ2n) is 3.16. The minimum Gasteiger partial charge on any atom is -0.480 e. The fourth-order valence-corrected chi connectivity index (χ4v) is 2.03. The molecule has 2 N–H and O–H groups in total. The summed E-state index contributed by atoms with van der Waals surface area (Å²) in [6, 6.07) is 0. The number of ether oxygens (including phenoxy) is 1. The molecule has 17 heavy (non-hydrogen) atoms. The molecule has 0 radical (unpaired) electrons. The summed E-state index contributed by atoms with van der Waals surface area (Å²) in [6.45, 7) is 0.0129. The molecule has 0 atom stereocenters. The Hall–Kier alpha value is -1.45. The maximum atomic E-state index is 11.6. The van der Waals surface area contributed by atoms with Crippen molar-refractivity contribution in [1.29, 1.82) is 0 Å². The van der Waals surface area contributed by atoms with Crippen LogP contribution in [0.2, 0.25) is 0 Å². The lowest BCUT2D eigenvalue weighted by Gasteiger charge is -2.02. The van der Waals surface area contributed by atoms with Gasteiger partial charge in [-0.3, -0.25) is 9.48 Å². The van der Waals surface area contributed by atoms with Crippen LogP contribution in [0.5, 0.6) is 0 Å². The Morgan fingerprint density at radius 3 is 2.94 bits per heavy atom. The van der Waals surface area contributed by atoms with E-state index in [0.29, 0.717) is 0 Å². The number of methoxy groups -OCH3 is 1. The number of carbonyl (C=O) groups is 1. The standard InChI is InChI=1S/C8H13N3O5S/c1-16-3-2-10-17(14,15)7-4-9-11(5-7)6-8(12)13/h4-5,10H,2-3,6H2,1H3,(H,12,13). The molecule has 0 saturated carbocycles. The van der Waals surface area contributed by atoms with Crippen molar-refractivity contribution in [1.82, 2.24) is 14.5 Å². The highest BCUT2D eigenvalue weighted by atomic mass is 32.2. The third kappa shape index (κ3) is 4.13. The first-order chi connectivity index (χ1) is 7.95. The molecular weight excluding hydrogens is 250 g/mol. The highest BCUT2D eigenvalue weighted by Gasteiger charge is 2.16. The second-order valence-corrected chi connectivity index (χ2v) is 4.92. The third-order valence-corrected chi connectivity index (χ3v) is 3.23. The topological polar surface area (TPSA) is 111 Å². The smallest absolute Gasteiger partial charge is 0.325 e. The van der Waals surface area contributed by atoms with Crippen molar-refractivity contribution in [2.45, 2.75) is 11.4 Å². The fourth-order valence-electron chi connectivity index (χ4n) is 1.07. The summed E-state index contributed by atoms with van der Waals surface area (Å²) in [5.41, 5.74) is 0. The van der Waals surface area contributed by atoms with Crippen LogP contribution in [-0.4, -0.2) is 49.5 Å². The van der Waals surface area contributed by atoms with E-state index in [2.05, 4.69) is 9.82 Å². The number of nitrogens with zero attached hydrogens (tertiary/aromatic N) is 2.